The Hall–Kier alpha value is -1.85. The zero-order valence-corrected chi connectivity index (χ0v) is 10.2. The molecule has 1 aromatic heterocycles. The number of hydrogen-bond donors (Lipinski definition) is 2. The van der Waals surface area contributed by atoms with Gasteiger partial charge in [-0.2, -0.15) is 5.10 Å². The molecule has 0 saturated carbocycles. The van der Waals surface area contributed by atoms with Gasteiger partial charge in [-0.15, -0.1) is 0 Å². The molecule has 0 aliphatic carbocycles. The smallest absolute Gasteiger partial charge is 0.326 e. The molecule has 0 aromatic carbocycles. The van der Waals surface area contributed by atoms with Crippen molar-refractivity contribution in [1.82, 2.24) is 15.1 Å². The zero-order valence-electron chi connectivity index (χ0n) is 10.2. The van der Waals surface area contributed by atoms with Crippen molar-refractivity contribution >= 4 is 11.9 Å². The van der Waals surface area contributed by atoms with Gasteiger partial charge < -0.3 is 10.4 Å². The zero-order chi connectivity index (χ0) is 13.0. The fraction of sp³-hybridized carbons (Fsp3) is 0.545. The first-order valence-corrected chi connectivity index (χ1v) is 5.45. The maximum Gasteiger partial charge on any atom is 0.326 e. The van der Waals surface area contributed by atoms with E-state index >= 15 is 0 Å². The summed E-state index contributed by atoms with van der Waals surface area (Å²) in [5, 5.41) is 15.7. The van der Waals surface area contributed by atoms with Crippen LogP contribution >= 0.6 is 0 Å². The molecule has 0 fully saturated rings. The van der Waals surface area contributed by atoms with Crippen LogP contribution in [0.15, 0.2) is 6.20 Å². The molecule has 0 aliphatic heterocycles. The van der Waals surface area contributed by atoms with Gasteiger partial charge in [0.15, 0.2) is 0 Å². The Bertz CT molecular complexity index is 426. The number of nitrogens with zero attached hydrogens (tertiary/aromatic N) is 2. The van der Waals surface area contributed by atoms with Crippen LogP contribution in [0.3, 0.4) is 0 Å². The lowest BCUT2D eigenvalue weighted by molar-refractivity contribution is -0.141. The Morgan fingerprint density at radius 1 is 1.59 bits per heavy atom. The summed E-state index contributed by atoms with van der Waals surface area (Å²) in [7, 11) is 1.79. The molecule has 1 aromatic rings. The van der Waals surface area contributed by atoms with Crippen LogP contribution in [0.2, 0.25) is 0 Å². The van der Waals surface area contributed by atoms with Crippen LogP contribution in [0, 0.1) is 0 Å². The summed E-state index contributed by atoms with van der Waals surface area (Å²) in [6, 6.07) is -0.901. The Morgan fingerprint density at radius 3 is 2.71 bits per heavy atom. The van der Waals surface area contributed by atoms with E-state index in [0.717, 1.165) is 17.7 Å². The topological polar surface area (TPSA) is 84.2 Å². The van der Waals surface area contributed by atoms with Crippen LogP contribution in [0.1, 0.15) is 25.1 Å². The number of hydrogen-bond acceptors (Lipinski definition) is 3. The predicted molar refractivity (Wildman–Crippen MR) is 61.5 cm³/mol. The van der Waals surface area contributed by atoms with E-state index in [-0.39, 0.29) is 12.3 Å². The van der Waals surface area contributed by atoms with E-state index in [1.54, 1.807) is 17.9 Å². The van der Waals surface area contributed by atoms with Gasteiger partial charge in [-0.05, 0) is 12.0 Å². The first-order chi connectivity index (χ1) is 7.93. The van der Waals surface area contributed by atoms with Crippen molar-refractivity contribution < 1.29 is 14.7 Å². The van der Waals surface area contributed by atoms with Crippen molar-refractivity contribution in [2.75, 3.05) is 0 Å². The molecule has 1 amide bonds. The third-order valence-electron chi connectivity index (χ3n) is 2.43. The maximum absolute atomic E-state index is 11.0. The fourth-order valence-electron chi connectivity index (χ4n) is 1.72. The molecular formula is C11H17N3O3. The van der Waals surface area contributed by atoms with E-state index in [2.05, 4.69) is 10.4 Å². The van der Waals surface area contributed by atoms with Crippen molar-refractivity contribution in [3.05, 3.63) is 17.5 Å². The molecule has 0 radical (unpaired) electrons. The second-order valence-corrected chi connectivity index (χ2v) is 3.92. The van der Waals surface area contributed by atoms with Gasteiger partial charge in [-0.25, -0.2) is 4.79 Å². The highest BCUT2D eigenvalue weighted by atomic mass is 16.4. The summed E-state index contributed by atoms with van der Waals surface area (Å²) < 4.78 is 1.65. The van der Waals surface area contributed by atoms with Gasteiger partial charge in [0.25, 0.3) is 0 Å². The quantitative estimate of drug-likeness (QED) is 0.764. The number of amides is 1. The van der Waals surface area contributed by atoms with Crippen LogP contribution in [0.5, 0.6) is 0 Å². The standard InChI is InChI=1S/C11H17N3O3/c1-4-9-8(6-14(3)13-9)5-10(11(16)17)12-7(2)15/h6,10H,4-5H2,1-3H3,(H,12,15)(H,16,17). The molecule has 1 heterocycles. The minimum absolute atomic E-state index is 0.256. The second kappa shape index (κ2) is 5.47. The van der Waals surface area contributed by atoms with Crippen LogP contribution in [0.25, 0.3) is 0 Å². The molecule has 1 unspecified atom stereocenters. The predicted octanol–water partition coefficient (Wildman–Crippen LogP) is 0.114. The number of aryl methyl sites for hydroxylation is 2. The summed E-state index contributed by atoms with van der Waals surface area (Å²) >= 11 is 0. The largest absolute Gasteiger partial charge is 0.480 e. The molecule has 0 aliphatic rings. The summed E-state index contributed by atoms with van der Waals surface area (Å²) in [4.78, 5) is 21.9. The highest BCUT2D eigenvalue weighted by Crippen LogP contribution is 2.10. The van der Waals surface area contributed by atoms with Crippen molar-refractivity contribution in [2.45, 2.75) is 32.7 Å². The highest BCUT2D eigenvalue weighted by molar-refractivity contribution is 5.82. The Kier molecular flexibility index (Phi) is 4.25. The first-order valence-electron chi connectivity index (χ1n) is 5.45. The van der Waals surface area contributed by atoms with Crippen LogP contribution in [0.4, 0.5) is 0 Å². The molecular weight excluding hydrogens is 222 g/mol. The third kappa shape index (κ3) is 3.58. The third-order valence-corrected chi connectivity index (χ3v) is 2.43. The lowest BCUT2D eigenvalue weighted by Crippen LogP contribution is -2.41. The normalized spacial score (nSPS) is 12.2. The Balaban J connectivity index is 2.85. The van der Waals surface area contributed by atoms with E-state index < -0.39 is 12.0 Å². The molecule has 1 atom stereocenters. The van der Waals surface area contributed by atoms with Crippen molar-refractivity contribution in [3.63, 3.8) is 0 Å². The first kappa shape index (κ1) is 13.2. The van der Waals surface area contributed by atoms with Gasteiger partial charge in [0.2, 0.25) is 5.91 Å². The molecule has 6 nitrogen and oxygen atoms in total. The Morgan fingerprint density at radius 2 is 2.24 bits per heavy atom. The van der Waals surface area contributed by atoms with Crippen LogP contribution in [-0.4, -0.2) is 32.8 Å². The van der Waals surface area contributed by atoms with E-state index in [1.807, 2.05) is 6.92 Å². The molecule has 6 heteroatoms. The molecule has 94 valence electrons. The van der Waals surface area contributed by atoms with Crippen LogP contribution in [-0.2, 0) is 29.5 Å². The van der Waals surface area contributed by atoms with Crippen molar-refractivity contribution in [3.8, 4) is 0 Å². The lowest BCUT2D eigenvalue weighted by atomic mass is 10.1. The lowest BCUT2D eigenvalue weighted by Gasteiger charge is -2.12. The highest BCUT2D eigenvalue weighted by Gasteiger charge is 2.21. The molecule has 0 bridgehead atoms. The molecule has 17 heavy (non-hydrogen) atoms. The van der Waals surface area contributed by atoms with Gasteiger partial charge >= 0.3 is 5.97 Å². The molecule has 0 saturated heterocycles. The van der Waals surface area contributed by atoms with Crippen molar-refractivity contribution in [2.24, 2.45) is 7.05 Å². The number of carboxylic acid groups (broad SMARTS) is 1. The number of rotatable bonds is 5. The number of carbonyl (C=O) groups excluding carboxylic acids is 1. The summed E-state index contributed by atoms with van der Waals surface area (Å²) in [6.07, 6.45) is 2.78. The van der Waals surface area contributed by atoms with Gasteiger partial charge in [0.05, 0.1) is 5.69 Å². The minimum Gasteiger partial charge on any atom is -0.480 e. The SMILES string of the molecule is CCc1nn(C)cc1CC(NC(C)=O)C(=O)O. The van der Waals surface area contributed by atoms with E-state index in [0.29, 0.717) is 0 Å². The number of carbonyl (C=O) groups is 2. The second-order valence-electron chi connectivity index (χ2n) is 3.92. The van der Waals surface area contributed by atoms with Crippen molar-refractivity contribution in [1.29, 1.82) is 0 Å². The van der Waals surface area contributed by atoms with E-state index in [4.69, 9.17) is 5.11 Å². The average molecular weight is 239 g/mol. The van der Waals surface area contributed by atoms with Gasteiger partial charge in [-0.3, -0.25) is 9.48 Å². The number of aromatic nitrogens is 2. The summed E-state index contributed by atoms with van der Waals surface area (Å²) in [6.45, 7) is 3.26. The monoisotopic (exact) mass is 239 g/mol. The summed E-state index contributed by atoms with van der Waals surface area (Å²) in [5.41, 5.74) is 1.72. The summed E-state index contributed by atoms with van der Waals surface area (Å²) in [5.74, 6) is -1.38. The number of aliphatic carboxylic acids is 1. The van der Waals surface area contributed by atoms with Gasteiger partial charge in [-0.1, -0.05) is 6.92 Å². The maximum atomic E-state index is 11.0. The number of carboxylic acids is 1. The number of nitrogens with one attached hydrogen (secondary N) is 1. The molecule has 0 spiro atoms. The van der Waals surface area contributed by atoms with E-state index in [9.17, 15) is 9.59 Å². The Labute approximate surface area is 99.6 Å². The van der Waals surface area contributed by atoms with Gasteiger partial charge in [0.1, 0.15) is 6.04 Å². The van der Waals surface area contributed by atoms with Crippen LogP contribution < -0.4 is 5.32 Å². The minimum atomic E-state index is -1.04. The molecule has 1 rings (SSSR count). The van der Waals surface area contributed by atoms with E-state index in [1.165, 1.54) is 6.92 Å². The molecule has 2 N–H and O–H groups in total. The van der Waals surface area contributed by atoms with Gasteiger partial charge in [0, 0.05) is 26.6 Å². The fourth-order valence-corrected chi connectivity index (χ4v) is 1.72. The average Bonchev–Trinajstić information content (AvgIpc) is 2.57.